The lowest BCUT2D eigenvalue weighted by molar-refractivity contribution is 1.05. The number of hydrogen-bond donors (Lipinski definition) is 1. The molecule has 3 nitrogen and oxygen atoms in total. The normalized spacial score (nSPS) is 9.87. The van der Waals surface area contributed by atoms with Gasteiger partial charge in [-0.05, 0) is 52.9 Å². The SMILES string of the molecule is N#Cc1cccn1-c1ccc(I)cc1N. The molecule has 0 unspecified atom stereocenters. The van der Waals surface area contributed by atoms with Crippen molar-refractivity contribution in [3.05, 3.63) is 45.8 Å². The van der Waals surface area contributed by atoms with Crippen LogP contribution in [0.1, 0.15) is 5.69 Å². The van der Waals surface area contributed by atoms with Gasteiger partial charge in [-0.25, -0.2) is 0 Å². The molecular weight excluding hydrogens is 301 g/mol. The number of halogens is 1. The molecule has 1 aromatic heterocycles. The smallest absolute Gasteiger partial charge is 0.124 e. The van der Waals surface area contributed by atoms with Crippen molar-refractivity contribution in [3.63, 3.8) is 0 Å². The van der Waals surface area contributed by atoms with Gasteiger partial charge in [0.1, 0.15) is 11.8 Å². The summed E-state index contributed by atoms with van der Waals surface area (Å²) in [6.45, 7) is 0. The van der Waals surface area contributed by atoms with Crippen LogP contribution in [0.15, 0.2) is 36.5 Å². The Kier molecular flexibility index (Phi) is 2.64. The summed E-state index contributed by atoms with van der Waals surface area (Å²) in [5.41, 5.74) is 8.01. The third-order valence-corrected chi connectivity index (χ3v) is 2.78. The fraction of sp³-hybridized carbons (Fsp3) is 0. The Morgan fingerprint density at radius 1 is 1.33 bits per heavy atom. The molecule has 0 aliphatic heterocycles. The number of nitriles is 1. The van der Waals surface area contributed by atoms with Crippen molar-refractivity contribution in [1.82, 2.24) is 4.57 Å². The summed E-state index contributed by atoms with van der Waals surface area (Å²) < 4.78 is 2.87. The third-order valence-electron chi connectivity index (χ3n) is 2.11. The van der Waals surface area contributed by atoms with E-state index >= 15 is 0 Å². The molecule has 0 bridgehead atoms. The summed E-state index contributed by atoms with van der Waals surface area (Å²) in [6, 6.07) is 11.5. The van der Waals surface area contributed by atoms with Crippen molar-refractivity contribution >= 4 is 28.3 Å². The Morgan fingerprint density at radius 2 is 2.13 bits per heavy atom. The van der Waals surface area contributed by atoms with Crippen molar-refractivity contribution < 1.29 is 0 Å². The Hall–Kier alpha value is -1.48. The van der Waals surface area contributed by atoms with Gasteiger partial charge in [0.05, 0.1) is 11.4 Å². The van der Waals surface area contributed by atoms with Gasteiger partial charge in [0, 0.05) is 9.77 Å². The van der Waals surface area contributed by atoms with Gasteiger partial charge in [0.25, 0.3) is 0 Å². The fourth-order valence-electron chi connectivity index (χ4n) is 1.43. The van der Waals surface area contributed by atoms with Crippen LogP contribution in [-0.2, 0) is 0 Å². The average molecular weight is 309 g/mol. The number of nitrogens with two attached hydrogens (primary N) is 1. The monoisotopic (exact) mass is 309 g/mol. The minimum absolute atomic E-state index is 0.586. The minimum atomic E-state index is 0.586. The number of benzene rings is 1. The zero-order chi connectivity index (χ0) is 10.8. The second-order valence-electron chi connectivity index (χ2n) is 3.08. The molecule has 0 atom stereocenters. The molecule has 0 aliphatic rings. The summed E-state index contributed by atoms with van der Waals surface area (Å²) in [7, 11) is 0. The molecule has 0 amide bonds. The van der Waals surface area contributed by atoms with Crippen LogP contribution in [0, 0.1) is 14.9 Å². The van der Waals surface area contributed by atoms with Gasteiger partial charge >= 0.3 is 0 Å². The first-order valence-corrected chi connectivity index (χ1v) is 5.43. The first kappa shape index (κ1) is 10.1. The van der Waals surface area contributed by atoms with E-state index in [4.69, 9.17) is 11.0 Å². The molecule has 0 saturated heterocycles. The standard InChI is InChI=1S/C11H8IN3/c12-8-3-4-11(10(14)6-8)15-5-1-2-9(15)7-13/h1-6H,14H2. The van der Waals surface area contributed by atoms with Crippen LogP contribution in [0.2, 0.25) is 0 Å². The van der Waals surface area contributed by atoms with Gasteiger partial charge in [-0.1, -0.05) is 0 Å². The average Bonchev–Trinajstić information content (AvgIpc) is 2.65. The van der Waals surface area contributed by atoms with E-state index < -0.39 is 0 Å². The lowest BCUT2D eigenvalue weighted by Crippen LogP contribution is -2.00. The summed E-state index contributed by atoms with van der Waals surface area (Å²) in [4.78, 5) is 0. The summed E-state index contributed by atoms with van der Waals surface area (Å²) >= 11 is 2.20. The van der Waals surface area contributed by atoms with Crippen molar-refractivity contribution in [1.29, 1.82) is 5.26 Å². The van der Waals surface area contributed by atoms with Crippen LogP contribution < -0.4 is 5.73 Å². The molecule has 0 spiro atoms. The number of nitrogens with zero attached hydrogens (tertiary/aromatic N) is 2. The molecule has 2 N–H and O–H groups in total. The molecule has 0 aliphatic carbocycles. The quantitative estimate of drug-likeness (QED) is 0.650. The predicted molar refractivity (Wildman–Crippen MR) is 67.6 cm³/mol. The minimum Gasteiger partial charge on any atom is -0.397 e. The van der Waals surface area contributed by atoms with Crippen molar-refractivity contribution in [2.75, 3.05) is 5.73 Å². The summed E-state index contributed by atoms with van der Waals surface area (Å²) in [5.74, 6) is 0. The summed E-state index contributed by atoms with van der Waals surface area (Å²) in [6.07, 6.45) is 1.83. The van der Waals surface area contributed by atoms with E-state index in [1.54, 1.807) is 10.6 Å². The zero-order valence-electron chi connectivity index (χ0n) is 7.81. The van der Waals surface area contributed by atoms with E-state index in [0.29, 0.717) is 11.4 Å². The number of hydrogen-bond acceptors (Lipinski definition) is 2. The molecule has 0 fully saturated rings. The van der Waals surface area contributed by atoms with Crippen LogP contribution in [0.5, 0.6) is 0 Å². The molecule has 4 heteroatoms. The highest BCUT2D eigenvalue weighted by Gasteiger charge is 2.05. The van der Waals surface area contributed by atoms with Gasteiger partial charge in [-0.15, -0.1) is 0 Å². The molecule has 15 heavy (non-hydrogen) atoms. The van der Waals surface area contributed by atoms with E-state index in [1.165, 1.54) is 0 Å². The molecule has 0 saturated carbocycles. The number of nitrogen functional groups attached to an aromatic ring is 1. The topological polar surface area (TPSA) is 54.7 Å². The number of rotatable bonds is 1. The molecular formula is C11H8IN3. The van der Waals surface area contributed by atoms with Gasteiger partial charge in [0.2, 0.25) is 0 Å². The Balaban J connectivity index is 2.60. The van der Waals surface area contributed by atoms with Crippen LogP contribution in [0.25, 0.3) is 5.69 Å². The Bertz CT molecular complexity index is 537. The van der Waals surface area contributed by atoms with Crippen LogP contribution in [0.3, 0.4) is 0 Å². The Labute approximate surface area is 101 Å². The van der Waals surface area contributed by atoms with Crippen molar-refractivity contribution in [2.24, 2.45) is 0 Å². The van der Waals surface area contributed by atoms with Crippen LogP contribution in [0.4, 0.5) is 5.69 Å². The molecule has 1 aromatic carbocycles. The largest absolute Gasteiger partial charge is 0.397 e. The maximum Gasteiger partial charge on any atom is 0.124 e. The highest BCUT2D eigenvalue weighted by atomic mass is 127. The second kappa shape index (κ2) is 3.95. The number of aromatic nitrogens is 1. The van der Waals surface area contributed by atoms with Crippen molar-refractivity contribution in [2.45, 2.75) is 0 Å². The second-order valence-corrected chi connectivity index (χ2v) is 4.32. The van der Waals surface area contributed by atoms with Crippen LogP contribution >= 0.6 is 22.6 Å². The van der Waals surface area contributed by atoms with Gasteiger partial charge < -0.3 is 10.3 Å². The zero-order valence-corrected chi connectivity index (χ0v) is 9.97. The lowest BCUT2D eigenvalue weighted by atomic mass is 10.2. The van der Waals surface area contributed by atoms with E-state index in [9.17, 15) is 0 Å². The van der Waals surface area contributed by atoms with Gasteiger partial charge in [0.15, 0.2) is 0 Å². The number of anilines is 1. The molecule has 2 rings (SSSR count). The first-order valence-electron chi connectivity index (χ1n) is 4.35. The van der Waals surface area contributed by atoms with Gasteiger partial charge in [-0.2, -0.15) is 5.26 Å². The van der Waals surface area contributed by atoms with E-state index in [0.717, 1.165) is 9.26 Å². The maximum absolute atomic E-state index is 8.90. The lowest BCUT2D eigenvalue weighted by Gasteiger charge is -2.08. The molecule has 2 aromatic rings. The van der Waals surface area contributed by atoms with E-state index in [2.05, 4.69) is 28.7 Å². The highest BCUT2D eigenvalue weighted by Crippen LogP contribution is 2.21. The molecule has 1 heterocycles. The van der Waals surface area contributed by atoms with E-state index in [1.807, 2.05) is 30.5 Å². The highest BCUT2D eigenvalue weighted by molar-refractivity contribution is 14.1. The predicted octanol–water partition coefficient (Wildman–Crippen LogP) is 2.54. The molecule has 74 valence electrons. The Morgan fingerprint density at radius 3 is 2.80 bits per heavy atom. The van der Waals surface area contributed by atoms with Gasteiger partial charge in [-0.3, -0.25) is 0 Å². The fourth-order valence-corrected chi connectivity index (χ4v) is 1.94. The third kappa shape index (κ3) is 1.83. The van der Waals surface area contributed by atoms with Crippen molar-refractivity contribution in [3.8, 4) is 11.8 Å². The maximum atomic E-state index is 8.90. The summed E-state index contributed by atoms with van der Waals surface area (Å²) in [5, 5.41) is 8.90. The first-order chi connectivity index (χ1) is 7.22. The molecule has 0 radical (unpaired) electrons. The van der Waals surface area contributed by atoms with E-state index in [-0.39, 0.29) is 0 Å². The van der Waals surface area contributed by atoms with Crippen LogP contribution in [-0.4, -0.2) is 4.57 Å².